The minimum Gasteiger partial charge on any atom is -0.494 e. The predicted octanol–water partition coefficient (Wildman–Crippen LogP) is 5.48. The Balaban J connectivity index is 1.59. The van der Waals surface area contributed by atoms with Gasteiger partial charge in [-0.15, -0.1) is 0 Å². The minimum atomic E-state index is -0.549. The van der Waals surface area contributed by atoms with Gasteiger partial charge in [-0.3, -0.25) is 0 Å². The SMILES string of the molecule is COc1ccc(-c2noc(C3=C(C)N(Cc4ccco4)C(=S)NC3c3cccc(F)c3)n2)cc1F. The van der Waals surface area contributed by atoms with Gasteiger partial charge in [0.25, 0.3) is 5.89 Å². The molecule has 1 unspecified atom stereocenters. The maximum atomic E-state index is 14.3. The summed E-state index contributed by atoms with van der Waals surface area (Å²) in [7, 11) is 1.39. The number of nitrogens with one attached hydrogen (secondary N) is 1. The Morgan fingerprint density at radius 3 is 2.71 bits per heavy atom. The lowest BCUT2D eigenvalue weighted by Gasteiger charge is -2.37. The molecule has 0 radical (unpaired) electrons. The van der Waals surface area contributed by atoms with Crippen LogP contribution in [0.1, 0.15) is 30.2 Å². The summed E-state index contributed by atoms with van der Waals surface area (Å²) in [5, 5.41) is 7.76. The van der Waals surface area contributed by atoms with Crippen LogP contribution in [0, 0.1) is 11.6 Å². The fraction of sp³-hybridized carbons (Fsp3) is 0.160. The molecule has 0 saturated heterocycles. The Kier molecular flexibility index (Phi) is 6.04. The van der Waals surface area contributed by atoms with Crippen molar-refractivity contribution in [1.82, 2.24) is 20.4 Å². The largest absolute Gasteiger partial charge is 0.494 e. The van der Waals surface area contributed by atoms with Gasteiger partial charge in [0.15, 0.2) is 16.7 Å². The molecule has 2 aromatic carbocycles. The van der Waals surface area contributed by atoms with Crippen LogP contribution in [0.4, 0.5) is 8.78 Å². The molecule has 1 N–H and O–H groups in total. The topological polar surface area (TPSA) is 76.6 Å². The van der Waals surface area contributed by atoms with Crippen LogP contribution in [-0.2, 0) is 6.54 Å². The van der Waals surface area contributed by atoms with Gasteiger partial charge in [-0.1, -0.05) is 17.3 Å². The van der Waals surface area contributed by atoms with Crippen molar-refractivity contribution in [3.05, 3.63) is 95.4 Å². The molecule has 3 heterocycles. The van der Waals surface area contributed by atoms with E-state index >= 15 is 0 Å². The van der Waals surface area contributed by atoms with Crippen molar-refractivity contribution >= 4 is 22.9 Å². The highest BCUT2D eigenvalue weighted by Crippen LogP contribution is 2.38. The number of benzene rings is 2. The van der Waals surface area contributed by atoms with E-state index < -0.39 is 11.9 Å². The van der Waals surface area contributed by atoms with Gasteiger partial charge in [0, 0.05) is 11.3 Å². The van der Waals surface area contributed by atoms with E-state index in [1.54, 1.807) is 30.5 Å². The molecule has 0 spiro atoms. The molecule has 0 amide bonds. The number of ether oxygens (including phenoxy) is 1. The Morgan fingerprint density at radius 2 is 2.00 bits per heavy atom. The van der Waals surface area contributed by atoms with Crippen LogP contribution < -0.4 is 10.1 Å². The third-order valence-electron chi connectivity index (χ3n) is 5.74. The molecule has 35 heavy (non-hydrogen) atoms. The molecule has 1 aliphatic rings. The first-order valence-electron chi connectivity index (χ1n) is 10.7. The van der Waals surface area contributed by atoms with Crippen LogP contribution in [0.25, 0.3) is 17.0 Å². The number of hydrogen-bond donors (Lipinski definition) is 1. The number of allylic oxidation sites excluding steroid dienone is 1. The second-order valence-electron chi connectivity index (χ2n) is 7.87. The predicted molar refractivity (Wildman–Crippen MR) is 128 cm³/mol. The molecule has 10 heteroatoms. The van der Waals surface area contributed by atoms with E-state index in [1.165, 1.54) is 31.4 Å². The highest BCUT2D eigenvalue weighted by molar-refractivity contribution is 7.80. The van der Waals surface area contributed by atoms with Crippen molar-refractivity contribution in [2.45, 2.75) is 19.5 Å². The Labute approximate surface area is 205 Å². The van der Waals surface area contributed by atoms with Crippen molar-refractivity contribution in [3.8, 4) is 17.1 Å². The first kappa shape index (κ1) is 22.7. The molecular formula is C25H20F2N4O3S. The van der Waals surface area contributed by atoms with Gasteiger partial charge in [0.2, 0.25) is 5.82 Å². The zero-order chi connectivity index (χ0) is 24.5. The highest BCUT2D eigenvalue weighted by Gasteiger charge is 2.34. The number of nitrogens with zero attached hydrogens (tertiary/aromatic N) is 3. The maximum Gasteiger partial charge on any atom is 0.258 e. The average molecular weight is 495 g/mol. The Hall–Kier alpha value is -4.05. The smallest absolute Gasteiger partial charge is 0.258 e. The summed E-state index contributed by atoms with van der Waals surface area (Å²) in [6.45, 7) is 2.24. The van der Waals surface area contributed by atoms with Crippen molar-refractivity contribution in [1.29, 1.82) is 0 Å². The van der Waals surface area contributed by atoms with Crippen LogP contribution >= 0.6 is 12.2 Å². The zero-order valence-electron chi connectivity index (χ0n) is 18.8. The summed E-state index contributed by atoms with van der Waals surface area (Å²) in [6, 6.07) is 13.7. The number of hydrogen-bond acceptors (Lipinski definition) is 6. The summed E-state index contributed by atoms with van der Waals surface area (Å²) >= 11 is 5.63. The van der Waals surface area contributed by atoms with Gasteiger partial charge in [0.1, 0.15) is 11.6 Å². The quantitative estimate of drug-likeness (QED) is 0.353. The van der Waals surface area contributed by atoms with E-state index in [0.29, 0.717) is 34.1 Å². The number of furan rings is 1. The van der Waals surface area contributed by atoms with Gasteiger partial charge in [0.05, 0.1) is 31.5 Å². The van der Waals surface area contributed by atoms with Gasteiger partial charge in [-0.25, -0.2) is 8.78 Å². The van der Waals surface area contributed by atoms with Gasteiger partial charge in [-0.2, -0.15) is 4.98 Å². The van der Waals surface area contributed by atoms with Crippen molar-refractivity contribution < 1.29 is 22.5 Å². The molecule has 0 aliphatic carbocycles. The number of aromatic nitrogens is 2. The second kappa shape index (κ2) is 9.30. The van der Waals surface area contributed by atoms with Crippen LogP contribution in [-0.4, -0.2) is 27.3 Å². The summed E-state index contributed by atoms with van der Waals surface area (Å²) in [5.41, 5.74) is 2.40. The Morgan fingerprint density at radius 1 is 1.14 bits per heavy atom. The molecule has 1 atom stereocenters. The Bertz CT molecular complexity index is 1420. The highest BCUT2D eigenvalue weighted by atomic mass is 32.1. The molecule has 5 rings (SSSR count). The lowest BCUT2D eigenvalue weighted by Crippen LogP contribution is -2.45. The number of methoxy groups -OCH3 is 1. The van der Waals surface area contributed by atoms with Gasteiger partial charge >= 0.3 is 0 Å². The number of thiocarbonyl (C=S) groups is 1. The van der Waals surface area contributed by atoms with Crippen LogP contribution in [0.2, 0.25) is 0 Å². The number of rotatable bonds is 6. The third kappa shape index (κ3) is 4.40. The average Bonchev–Trinajstić information content (AvgIpc) is 3.54. The summed E-state index contributed by atoms with van der Waals surface area (Å²) in [5.74, 6) is 0.287. The molecule has 4 aromatic rings. The molecule has 1 aliphatic heterocycles. The lowest BCUT2D eigenvalue weighted by molar-refractivity contribution is 0.382. The van der Waals surface area contributed by atoms with Crippen LogP contribution in [0.5, 0.6) is 5.75 Å². The minimum absolute atomic E-state index is 0.112. The first-order valence-corrected chi connectivity index (χ1v) is 11.1. The molecular weight excluding hydrogens is 474 g/mol. The lowest BCUT2D eigenvalue weighted by atomic mass is 9.94. The zero-order valence-corrected chi connectivity index (χ0v) is 19.6. The second-order valence-corrected chi connectivity index (χ2v) is 8.26. The fourth-order valence-electron chi connectivity index (χ4n) is 4.00. The summed E-state index contributed by atoms with van der Waals surface area (Å²) < 4.78 is 44.5. The van der Waals surface area contributed by atoms with Gasteiger partial charge in [-0.05, 0) is 67.2 Å². The monoisotopic (exact) mass is 494 g/mol. The van der Waals surface area contributed by atoms with E-state index in [-0.39, 0.29) is 23.3 Å². The van der Waals surface area contributed by atoms with E-state index in [1.807, 2.05) is 17.9 Å². The van der Waals surface area contributed by atoms with Crippen molar-refractivity contribution in [2.24, 2.45) is 0 Å². The standard InChI is InChI=1S/C25H20F2N4O3S/c1-14-21(24-29-23(30-34-24)16-8-9-20(32-2)19(27)12-16)22(15-5-3-6-17(26)11-15)28-25(35)31(14)13-18-7-4-10-33-18/h3-12,22H,13H2,1-2H3,(H,28,35). The van der Waals surface area contributed by atoms with E-state index in [9.17, 15) is 8.78 Å². The first-order chi connectivity index (χ1) is 16.9. The maximum absolute atomic E-state index is 14.3. The molecule has 0 bridgehead atoms. The van der Waals surface area contributed by atoms with Crippen molar-refractivity contribution in [3.63, 3.8) is 0 Å². The third-order valence-corrected chi connectivity index (χ3v) is 6.08. The van der Waals surface area contributed by atoms with Gasteiger partial charge < -0.3 is 23.9 Å². The van der Waals surface area contributed by atoms with Crippen LogP contribution in [0.15, 0.2) is 75.5 Å². The molecule has 0 saturated carbocycles. The van der Waals surface area contributed by atoms with E-state index in [2.05, 4.69) is 15.5 Å². The van der Waals surface area contributed by atoms with Crippen molar-refractivity contribution in [2.75, 3.05) is 7.11 Å². The summed E-state index contributed by atoms with van der Waals surface area (Å²) in [6.07, 6.45) is 1.59. The van der Waals surface area contributed by atoms with E-state index in [0.717, 1.165) is 5.70 Å². The molecule has 178 valence electrons. The number of halogens is 2. The molecule has 0 fully saturated rings. The summed E-state index contributed by atoms with van der Waals surface area (Å²) in [4.78, 5) is 6.38. The molecule has 7 nitrogen and oxygen atoms in total. The van der Waals surface area contributed by atoms with E-state index in [4.69, 9.17) is 25.9 Å². The fourth-order valence-corrected chi connectivity index (χ4v) is 4.32. The van der Waals surface area contributed by atoms with Crippen LogP contribution in [0.3, 0.4) is 0 Å². The normalized spacial score (nSPS) is 15.9. The molecule has 2 aromatic heterocycles.